The van der Waals surface area contributed by atoms with Crippen LogP contribution in [0.1, 0.15) is 55.7 Å². The first-order valence-corrected chi connectivity index (χ1v) is 12.6. The van der Waals surface area contributed by atoms with Gasteiger partial charge in [0, 0.05) is 12.5 Å². The fraction of sp³-hybridized carbons (Fsp3) is 0.333. The largest absolute Gasteiger partial charge is 0.497 e. The monoisotopic (exact) mass is 469 g/mol. The van der Waals surface area contributed by atoms with Crippen LogP contribution in [-0.4, -0.2) is 20.3 Å². The standard InChI is InChI=1S/C30H35N3O2/c1-4-6-8-13-24-20-26(35-5-2)18-19-28(24)32-33-30-27(22-11-9-7-10-12-22)21-31-29(30)23-14-16-25(34-3)17-15-23/h7,9-12,14-20,27,31H,4-6,8,13,21H2,1-3H3. The van der Waals surface area contributed by atoms with Crippen LogP contribution in [0.25, 0.3) is 5.70 Å². The third kappa shape index (κ3) is 6.10. The van der Waals surface area contributed by atoms with Gasteiger partial charge in [-0.15, -0.1) is 0 Å². The summed E-state index contributed by atoms with van der Waals surface area (Å²) in [5, 5.41) is 13.3. The van der Waals surface area contributed by atoms with E-state index in [2.05, 4.69) is 54.7 Å². The summed E-state index contributed by atoms with van der Waals surface area (Å²) in [6.07, 6.45) is 4.48. The maximum Gasteiger partial charge on any atom is 0.119 e. The second kappa shape index (κ2) is 12.2. The molecule has 182 valence electrons. The molecule has 0 aliphatic carbocycles. The molecule has 1 aliphatic rings. The lowest BCUT2D eigenvalue weighted by Crippen LogP contribution is -2.10. The van der Waals surface area contributed by atoms with Crippen LogP contribution in [0.2, 0.25) is 0 Å². The first-order valence-electron chi connectivity index (χ1n) is 12.6. The Morgan fingerprint density at radius 1 is 0.886 bits per heavy atom. The number of nitrogens with one attached hydrogen (secondary N) is 1. The third-order valence-electron chi connectivity index (χ3n) is 6.33. The molecule has 1 atom stereocenters. The summed E-state index contributed by atoms with van der Waals surface area (Å²) in [5.41, 5.74) is 6.37. The first kappa shape index (κ1) is 24.5. The number of hydrogen-bond donors (Lipinski definition) is 1. The smallest absolute Gasteiger partial charge is 0.119 e. The molecule has 5 heteroatoms. The molecule has 0 spiro atoms. The van der Waals surface area contributed by atoms with Crippen molar-refractivity contribution in [1.82, 2.24) is 5.32 Å². The Kier molecular flexibility index (Phi) is 8.55. The summed E-state index contributed by atoms with van der Waals surface area (Å²) in [4.78, 5) is 0. The zero-order valence-corrected chi connectivity index (χ0v) is 21.0. The number of ether oxygens (including phenoxy) is 2. The highest BCUT2D eigenvalue weighted by atomic mass is 16.5. The average molecular weight is 470 g/mol. The average Bonchev–Trinajstić information content (AvgIpc) is 3.33. The number of aryl methyl sites for hydroxylation is 1. The van der Waals surface area contributed by atoms with Crippen molar-refractivity contribution >= 4 is 11.4 Å². The van der Waals surface area contributed by atoms with Gasteiger partial charge in [-0.25, -0.2) is 0 Å². The number of nitrogens with zero attached hydrogens (tertiary/aromatic N) is 2. The molecule has 1 N–H and O–H groups in total. The van der Waals surface area contributed by atoms with Gasteiger partial charge in [0.25, 0.3) is 0 Å². The minimum atomic E-state index is 0.128. The Morgan fingerprint density at radius 2 is 1.66 bits per heavy atom. The molecule has 0 saturated heterocycles. The molecular formula is C30H35N3O2. The van der Waals surface area contributed by atoms with Crippen LogP contribution in [0.5, 0.6) is 11.5 Å². The molecule has 0 amide bonds. The second-order valence-corrected chi connectivity index (χ2v) is 8.71. The minimum absolute atomic E-state index is 0.128. The molecule has 3 aromatic carbocycles. The molecule has 1 aliphatic heterocycles. The zero-order valence-electron chi connectivity index (χ0n) is 21.0. The predicted molar refractivity (Wildman–Crippen MR) is 142 cm³/mol. The molecular weight excluding hydrogens is 434 g/mol. The number of methoxy groups -OCH3 is 1. The van der Waals surface area contributed by atoms with Gasteiger partial charge in [-0.05, 0) is 78.9 Å². The van der Waals surface area contributed by atoms with E-state index in [4.69, 9.17) is 19.7 Å². The van der Waals surface area contributed by atoms with Crippen LogP contribution in [0.3, 0.4) is 0 Å². The number of unbranched alkanes of at least 4 members (excludes halogenated alkanes) is 2. The van der Waals surface area contributed by atoms with E-state index in [-0.39, 0.29) is 5.92 Å². The SMILES string of the molecule is CCCCCc1cc(OCC)ccc1N=NC1=C(c2ccc(OC)cc2)NCC1c1ccccc1. The van der Waals surface area contributed by atoms with Gasteiger partial charge < -0.3 is 14.8 Å². The Hall–Kier alpha value is -3.60. The zero-order chi connectivity index (χ0) is 24.5. The van der Waals surface area contributed by atoms with E-state index in [0.29, 0.717) is 6.61 Å². The van der Waals surface area contributed by atoms with Crippen molar-refractivity contribution in [2.75, 3.05) is 20.3 Å². The number of benzene rings is 3. The van der Waals surface area contributed by atoms with E-state index >= 15 is 0 Å². The van der Waals surface area contributed by atoms with E-state index < -0.39 is 0 Å². The topological polar surface area (TPSA) is 55.2 Å². The van der Waals surface area contributed by atoms with E-state index in [1.165, 1.54) is 24.0 Å². The van der Waals surface area contributed by atoms with Gasteiger partial charge in [-0.3, -0.25) is 0 Å². The van der Waals surface area contributed by atoms with Crippen molar-refractivity contribution in [3.8, 4) is 11.5 Å². The number of hydrogen-bond acceptors (Lipinski definition) is 5. The van der Waals surface area contributed by atoms with Crippen molar-refractivity contribution in [2.45, 2.75) is 45.4 Å². The van der Waals surface area contributed by atoms with Crippen molar-refractivity contribution < 1.29 is 9.47 Å². The molecule has 0 saturated carbocycles. The summed E-state index contributed by atoms with van der Waals surface area (Å²) < 4.78 is 11.1. The van der Waals surface area contributed by atoms with Crippen LogP contribution in [0, 0.1) is 0 Å². The van der Waals surface area contributed by atoms with Crippen LogP contribution in [-0.2, 0) is 6.42 Å². The molecule has 5 nitrogen and oxygen atoms in total. The van der Waals surface area contributed by atoms with E-state index in [1.54, 1.807) is 7.11 Å². The summed E-state index contributed by atoms with van der Waals surface area (Å²) in [6.45, 7) is 5.67. The van der Waals surface area contributed by atoms with Gasteiger partial charge in [0.15, 0.2) is 0 Å². The van der Waals surface area contributed by atoms with Gasteiger partial charge in [-0.1, -0.05) is 50.1 Å². The molecule has 0 aromatic heterocycles. The molecule has 3 aromatic rings. The van der Waals surface area contributed by atoms with Gasteiger partial charge in [0.2, 0.25) is 0 Å². The maximum absolute atomic E-state index is 5.75. The molecule has 4 rings (SSSR count). The molecule has 1 unspecified atom stereocenters. The quantitative estimate of drug-likeness (QED) is 0.232. The molecule has 1 heterocycles. The highest BCUT2D eigenvalue weighted by molar-refractivity contribution is 5.71. The summed E-state index contributed by atoms with van der Waals surface area (Å²) in [7, 11) is 1.68. The van der Waals surface area contributed by atoms with Gasteiger partial charge in [0.1, 0.15) is 11.5 Å². The molecule has 35 heavy (non-hydrogen) atoms. The highest BCUT2D eigenvalue weighted by Crippen LogP contribution is 2.37. The van der Waals surface area contributed by atoms with E-state index in [9.17, 15) is 0 Å². The fourth-order valence-electron chi connectivity index (χ4n) is 4.44. The second-order valence-electron chi connectivity index (χ2n) is 8.71. The number of azo groups is 1. The molecule has 0 radical (unpaired) electrons. The molecule has 0 bridgehead atoms. The summed E-state index contributed by atoms with van der Waals surface area (Å²) >= 11 is 0. The normalized spacial score (nSPS) is 15.5. The Bertz CT molecular complexity index is 1150. The first-order chi connectivity index (χ1) is 17.2. The van der Waals surface area contributed by atoms with E-state index in [1.807, 2.05) is 37.3 Å². The summed E-state index contributed by atoms with van der Waals surface area (Å²) in [6, 6.07) is 24.7. The Morgan fingerprint density at radius 3 is 2.37 bits per heavy atom. The van der Waals surface area contributed by atoms with Crippen LogP contribution in [0.15, 0.2) is 88.7 Å². The minimum Gasteiger partial charge on any atom is -0.497 e. The third-order valence-corrected chi connectivity index (χ3v) is 6.33. The highest BCUT2D eigenvalue weighted by Gasteiger charge is 2.28. The Balaban J connectivity index is 1.72. The Labute approximate surface area is 208 Å². The van der Waals surface area contributed by atoms with Crippen LogP contribution < -0.4 is 14.8 Å². The lowest BCUT2D eigenvalue weighted by Gasteiger charge is -2.12. The number of rotatable bonds is 11. The van der Waals surface area contributed by atoms with Gasteiger partial charge in [-0.2, -0.15) is 10.2 Å². The van der Waals surface area contributed by atoms with Crippen LogP contribution >= 0.6 is 0 Å². The predicted octanol–water partition coefficient (Wildman–Crippen LogP) is 7.67. The van der Waals surface area contributed by atoms with Crippen molar-refractivity contribution in [3.05, 3.63) is 95.2 Å². The lowest BCUT2D eigenvalue weighted by atomic mass is 9.96. The van der Waals surface area contributed by atoms with Gasteiger partial charge >= 0.3 is 0 Å². The van der Waals surface area contributed by atoms with Gasteiger partial charge in [0.05, 0.1) is 30.8 Å². The maximum atomic E-state index is 5.75. The lowest BCUT2D eigenvalue weighted by molar-refractivity contribution is 0.340. The van der Waals surface area contributed by atoms with E-state index in [0.717, 1.165) is 53.5 Å². The summed E-state index contributed by atoms with van der Waals surface area (Å²) in [5.74, 6) is 1.85. The van der Waals surface area contributed by atoms with Crippen molar-refractivity contribution in [2.24, 2.45) is 10.2 Å². The molecule has 0 fully saturated rings. The van der Waals surface area contributed by atoms with Crippen LogP contribution in [0.4, 0.5) is 5.69 Å². The fourth-order valence-corrected chi connectivity index (χ4v) is 4.44. The van der Waals surface area contributed by atoms with Crippen molar-refractivity contribution in [1.29, 1.82) is 0 Å². The van der Waals surface area contributed by atoms with Crippen molar-refractivity contribution in [3.63, 3.8) is 0 Å².